The second-order valence-corrected chi connectivity index (χ2v) is 5.11. The van der Waals surface area contributed by atoms with E-state index in [2.05, 4.69) is 30.0 Å². The minimum absolute atomic E-state index is 0. The van der Waals surface area contributed by atoms with Gasteiger partial charge in [0, 0.05) is 30.9 Å². The van der Waals surface area contributed by atoms with Crippen LogP contribution < -0.4 is 15.4 Å². The maximum atomic E-state index is 5.84. The van der Waals surface area contributed by atoms with Gasteiger partial charge >= 0.3 is 0 Å². The van der Waals surface area contributed by atoms with Crippen molar-refractivity contribution in [3.05, 3.63) is 18.2 Å². The van der Waals surface area contributed by atoms with Crippen LogP contribution in [0.1, 0.15) is 12.8 Å². The minimum atomic E-state index is 0. The summed E-state index contributed by atoms with van der Waals surface area (Å²) in [6.07, 6.45) is 2.42. The molecule has 1 aliphatic rings. The Morgan fingerprint density at radius 1 is 1.26 bits per heavy atom. The Bertz CT molecular complexity index is 404. The van der Waals surface area contributed by atoms with Gasteiger partial charge in [-0.15, -0.1) is 12.4 Å². The standard InChI is InChI=1S/C14H23N3O.ClH/c1-16(2)11-6-8-17(9-7-11)12-4-5-13(15)14(10-12)18-3;/h4-5,10-11H,6-9,15H2,1-3H3;1H. The lowest BCUT2D eigenvalue weighted by Crippen LogP contribution is -2.41. The number of halogens is 1. The molecule has 108 valence electrons. The van der Waals surface area contributed by atoms with Crippen LogP contribution in [-0.4, -0.2) is 45.2 Å². The van der Waals surface area contributed by atoms with Crippen LogP contribution in [0.25, 0.3) is 0 Å². The van der Waals surface area contributed by atoms with Gasteiger partial charge in [0.25, 0.3) is 0 Å². The van der Waals surface area contributed by atoms with Gasteiger partial charge in [-0.25, -0.2) is 0 Å². The molecule has 1 heterocycles. The van der Waals surface area contributed by atoms with E-state index >= 15 is 0 Å². The molecule has 0 radical (unpaired) electrons. The van der Waals surface area contributed by atoms with E-state index in [0.717, 1.165) is 18.8 Å². The summed E-state index contributed by atoms with van der Waals surface area (Å²) in [5.41, 5.74) is 7.75. The molecule has 1 saturated heterocycles. The van der Waals surface area contributed by atoms with Gasteiger partial charge in [0.1, 0.15) is 5.75 Å². The third kappa shape index (κ3) is 3.67. The number of benzene rings is 1. The SMILES string of the molecule is COc1cc(N2CCC(N(C)C)CC2)ccc1N.Cl. The molecule has 2 rings (SSSR count). The molecule has 0 amide bonds. The highest BCUT2D eigenvalue weighted by Crippen LogP contribution is 2.29. The van der Waals surface area contributed by atoms with Crippen molar-refractivity contribution in [3.63, 3.8) is 0 Å². The summed E-state index contributed by atoms with van der Waals surface area (Å²) in [6.45, 7) is 2.19. The van der Waals surface area contributed by atoms with Crippen LogP contribution in [0.3, 0.4) is 0 Å². The van der Waals surface area contributed by atoms with Crippen LogP contribution in [0.4, 0.5) is 11.4 Å². The first-order chi connectivity index (χ1) is 8.61. The van der Waals surface area contributed by atoms with Crippen LogP contribution in [0.15, 0.2) is 18.2 Å². The third-order valence-electron chi connectivity index (χ3n) is 3.78. The number of anilines is 2. The first kappa shape index (κ1) is 15.9. The average Bonchev–Trinajstić information content (AvgIpc) is 2.39. The molecule has 0 saturated carbocycles. The quantitative estimate of drug-likeness (QED) is 0.865. The van der Waals surface area contributed by atoms with Gasteiger partial charge in [0.15, 0.2) is 0 Å². The number of rotatable bonds is 3. The van der Waals surface area contributed by atoms with E-state index in [1.807, 2.05) is 12.1 Å². The number of piperidine rings is 1. The molecular formula is C14H24ClN3O. The van der Waals surface area contributed by atoms with Crippen molar-refractivity contribution in [2.45, 2.75) is 18.9 Å². The number of hydrogen-bond donors (Lipinski definition) is 1. The molecule has 0 bridgehead atoms. The number of nitrogens with zero attached hydrogens (tertiary/aromatic N) is 2. The summed E-state index contributed by atoms with van der Waals surface area (Å²) >= 11 is 0. The van der Waals surface area contributed by atoms with Crippen LogP contribution in [0, 0.1) is 0 Å². The smallest absolute Gasteiger partial charge is 0.143 e. The van der Waals surface area contributed by atoms with Crippen molar-refractivity contribution in [1.29, 1.82) is 0 Å². The molecule has 1 aromatic rings. The summed E-state index contributed by atoms with van der Waals surface area (Å²) in [5.74, 6) is 0.766. The van der Waals surface area contributed by atoms with Crippen molar-refractivity contribution in [1.82, 2.24) is 4.90 Å². The van der Waals surface area contributed by atoms with E-state index in [0.29, 0.717) is 11.7 Å². The van der Waals surface area contributed by atoms with Crippen molar-refractivity contribution in [3.8, 4) is 5.75 Å². The van der Waals surface area contributed by atoms with Gasteiger partial charge < -0.3 is 20.3 Å². The van der Waals surface area contributed by atoms with E-state index in [1.165, 1.54) is 18.5 Å². The molecule has 2 N–H and O–H groups in total. The Hall–Kier alpha value is -1.13. The average molecular weight is 286 g/mol. The van der Waals surface area contributed by atoms with Gasteiger partial charge in [-0.2, -0.15) is 0 Å². The first-order valence-electron chi connectivity index (χ1n) is 6.46. The topological polar surface area (TPSA) is 41.7 Å². The van der Waals surface area contributed by atoms with Gasteiger partial charge in [-0.3, -0.25) is 0 Å². The summed E-state index contributed by atoms with van der Waals surface area (Å²) in [5, 5.41) is 0. The summed E-state index contributed by atoms with van der Waals surface area (Å²) in [7, 11) is 5.98. The fraction of sp³-hybridized carbons (Fsp3) is 0.571. The molecule has 4 nitrogen and oxygen atoms in total. The highest BCUT2D eigenvalue weighted by atomic mass is 35.5. The molecule has 1 fully saturated rings. The van der Waals surface area contributed by atoms with Gasteiger partial charge in [0.05, 0.1) is 12.8 Å². The maximum Gasteiger partial charge on any atom is 0.143 e. The van der Waals surface area contributed by atoms with Crippen molar-refractivity contribution >= 4 is 23.8 Å². The zero-order valence-corrected chi connectivity index (χ0v) is 12.7. The summed E-state index contributed by atoms with van der Waals surface area (Å²) in [6, 6.07) is 6.74. The number of methoxy groups -OCH3 is 1. The molecule has 0 aliphatic carbocycles. The minimum Gasteiger partial charge on any atom is -0.495 e. The van der Waals surface area contributed by atoms with E-state index < -0.39 is 0 Å². The number of nitrogen functional groups attached to an aromatic ring is 1. The Morgan fingerprint density at radius 3 is 2.42 bits per heavy atom. The summed E-state index contributed by atoms with van der Waals surface area (Å²) in [4.78, 5) is 4.73. The second kappa shape index (κ2) is 6.87. The number of nitrogens with two attached hydrogens (primary N) is 1. The van der Waals surface area contributed by atoms with Gasteiger partial charge in [-0.05, 0) is 39.1 Å². The van der Waals surface area contributed by atoms with E-state index in [1.54, 1.807) is 7.11 Å². The first-order valence-corrected chi connectivity index (χ1v) is 6.46. The highest BCUT2D eigenvalue weighted by molar-refractivity contribution is 5.85. The predicted octanol–water partition coefficient (Wildman–Crippen LogP) is 2.23. The van der Waals surface area contributed by atoms with E-state index in [-0.39, 0.29) is 12.4 Å². The molecule has 1 aromatic carbocycles. The van der Waals surface area contributed by atoms with Crippen molar-refractivity contribution in [2.75, 3.05) is 44.9 Å². The lowest BCUT2D eigenvalue weighted by atomic mass is 10.0. The highest BCUT2D eigenvalue weighted by Gasteiger charge is 2.21. The fourth-order valence-electron chi connectivity index (χ4n) is 2.54. The van der Waals surface area contributed by atoms with Crippen molar-refractivity contribution in [2.24, 2.45) is 0 Å². The van der Waals surface area contributed by atoms with Gasteiger partial charge in [-0.1, -0.05) is 0 Å². The zero-order valence-electron chi connectivity index (χ0n) is 11.9. The number of ether oxygens (including phenoxy) is 1. The normalized spacial score (nSPS) is 16.3. The predicted molar refractivity (Wildman–Crippen MR) is 83.6 cm³/mol. The van der Waals surface area contributed by atoms with Crippen LogP contribution in [0.2, 0.25) is 0 Å². The number of hydrogen-bond acceptors (Lipinski definition) is 4. The molecule has 5 heteroatoms. The molecule has 19 heavy (non-hydrogen) atoms. The van der Waals surface area contributed by atoms with Crippen LogP contribution >= 0.6 is 12.4 Å². The largest absolute Gasteiger partial charge is 0.495 e. The molecule has 0 atom stereocenters. The Kier molecular flexibility index (Phi) is 5.76. The maximum absolute atomic E-state index is 5.84. The fourth-order valence-corrected chi connectivity index (χ4v) is 2.54. The van der Waals surface area contributed by atoms with Crippen molar-refractivity contribution < 1.29 is 4.74 Å². The molecule has 0 aromatic heterocycles. The van der Waals surface area contributed by atoms with E-state index in [9.17, 15) is 0 Å². The molecule has 0 unspecified atom stereocenters. The monoisotopic (exact) mass is 285 g/mol. The second-order valence-electron chi connectivity index (χ2n) is 5.11. The molecule has 1 aliphatic heterocycles. The molecule has 0 spiro atoms. The lowest BCUT2D eigenvalue weighted by molar-refractivity contribution is 0.249. The van der Waals surface area contributed by atoms with Crippen LogP contribution in [-0.2, 0) is 0 Å². The lowest BCUT2D eigenvalue weighted by Gasteiger charge is -2.36. The summed E-state index contributed by atoms with van der Waals surface area (Å²) < 4.78 is 5.28. The third-order valence-corrected chi connectivity index (χ3v) is 3.78. The van der Waals surface area contributed by atoms with Gasteiger partial charge in [0.2, 0.25) is 0 Å². The van der Waals surface area contributed by atoms with Crippen LogP contribution in [0.5, 0.6) is 5.75 Å². The Labute approximate surface area is 121 Å². The Morgan fingerprint density at radius 2 is 1.89 bits per heavy atom. The zero-order chi connectivity index (χ0) is 13.1. The Balaban J connectivity index is 0.00000180. The molecular weight excluding hydrogens is 262 g/mol. The van der Waals surface area contributed by atoms with E-state index in [4.69, 9.17) is 10.5 Å².